The van der Waals surface area contributed by atoms with Gasteiger partial charge in [0.15, 0.2) is 0 Å². The third kappa shape index (κ3) is 14.3. The van der Waals surface area contributed by atoms with E-state index in [1.54, 1.807) is 11.9 Å². The summed E-state index contributed by atoms with van der Waals surface area (Å²) in [4.78, 5) is 95.4. The topological polar surface area (TPSA) is 177 Å². The summed E-state index contributed by atoms with van der Waals surface area (Å²) in [5.41, 5.74) is 0.417. The number of likely N-dealkylation sites (tertiary alicyclic amines) is 1. The molecule has 0 bridgehead atoms. The average molecular weight is 689 g/mol. The summed E-state index contributed by atoms with van der Waals surface area (Å²) >= 11 is 0. The van der Waals surface area contributed by atoms with Crippen molar-refractivity contribution in [1.29, 1.82) is 0 Å². The molecule has 2 unspecified atom stereocenters. The molecule has 14 heteroatoms. The lowest BCUT2D eigenvalue weighted by Crippen LogP contribution is -2.59. The zero-order valence-corrected chi connectivity index (χ0v) is 30.0. The first-order valence-corrected chi connectivity index (χ1v) is 16.8. The van der Waals surface area contributed by atoms with Crippen LogP contribution in [0.5, 0.6) is 0 Å². The molecule has 3 N–H and O–H groups in total. The van der Waals surface area contributed by atoms with Gasteiger partial charge in [-0.15, -0.1) is 0 Å². The number of unbranched alkanes of at least 4 members (excludes halogenated alkanes) is 1. The van der Waals surface area contributed by atoms with Crippen LogP contribution < -0.4 is 10.6 Å². The van der Waals surface area contributed by atoms with E-state index in [9.17, 15) is 38.7 Å². The number of carbonyl (C=O) groups is 7. The number of carbonyl (C=O) groups excluding carboxylic acids is 7. The smallest absolute Gasteiger partial charge is 0.245 e. The number of piperidine rings is 1. The van der Waals surface area contributed by atoms with E-state index >= 15 is 0 Å². The highest BCUT2D eigenvalue weighted by atomic mass is 16.3. The fourth-order valence-electron chi connectivity index (χ4n) is 5.45. The highest BCUT2D eigenvalue weighted by Gasteiger charge is 2.37. The van der Waals surface area contributed by atoms with Crippen molar-refractivity contribution >= 4 is 42.2 Å². The first-order valence-electron chi connectivity index (χ1n) is 16.8. The Morgan fingerprint density at radius 2 is 1.51 bits per heavy atom. The molecule has 6 amide bonds. The summed E-state index contributed by atoms with van der Waals surface area (Å²) in [5, 5.41) is 14.5. The Labute approximate surface area is 290 Å². The number of likely N-dealkylation sites (N-methyl/N-ethyl adjacent to an activating group) is 2. The van der Waals surface area contributed by atoms with E-state index in [0.717, 1.165) is 25.5 Å². The van der Waals surface area contributed by atoms with Gasteiger partial charge in [0.2, 0.25) is 35.9 Å². The zero-order valence-electron chi connectivity index (χ0n) is 30.0. The lowest BCUT2D eigenvalue weighted by atomic mass is 9.99. The van der Waals surface area contributed by atoms with Gasteiger partial charge in [-0.25, -0.2) is 0 Å². The minimum Gasteiger partial charge on any atom is -0.509 e. The molecule has 274 valence electrons. The molecule has 1 heterocycles. The number of nitrogens with zero attached hydrogens (tertiary/aromatic N) is 4. The van der Waals surface area contributed by atoms with Crippen LogP contribution >= 0.6 is 0 Å². The molecule has 0 aromatic heterocycles. The predicted molar refractivity (Wildman–Crippen MR) is 186 cm³/mol. The highest BCUT2D eigenvalue weighted by Crippen LogP contribution is 2.17. The summed E-state index contributed by atoms with van der Waals surface area (Å²) in [7, 11) is 4.44. The standard InChI is InChI=1S/C35H56N6O8/c1-24(2)20-30(40(8)33(47)27(5)39(7)34(48)28(36-23-43)21-25(3)14-15-26(4)44)32(46)37-29(35(49)41-17-10-9-11-18-41)22-31(45)38(6)16-12-13-19-42/h14-15,19,23-24,27-30,44H,3-4,9-13,16-18,20-22H2,1-2,5-8H3,(H,36,43)(H,37,46)/b15-14-/t27-,28?,29-,30?/m0/s1. The SMILES string of the molecule is C=C(O)/C=C\C(=C)CC(NC=O)C(=O)N(C)[C@@H](C)C(=O)N(C)C(CC(C)C)C(=O)N[C@@H](CC(=O)N(C)CCCC=O)C(=O)N1CCCCC1. The maximum atomic E-state index is 13.9. The Morgan fingerprint density at radius 3 is 2.06 bits per heavy atom. The van der Waals surface area contributed by atoms with Crippen LogP contribution in [0, 0.1) is 5.92 Å². The number of rotatable bonds is 21. The minimum absolute atomic E-state index is 0.00173. The molecule has 1 aliphatic heterocycles. The van der Waals surface area contributed by atoms with Crippen molar-refractivity contribution in [3.8, 4) is 0 Å². The van der Waals surface area contributed by atoms with Crippen molar-refractivity contribution in [3.63, 3.8) is 0 Å². The van der Waals surface area contributed by atoms with Gasteiger partial charge >= 0.3 is 0 Å². The fourth-order valence-corrected chi connectivity index (χ4v) is 5.45. The molecule has 14 nitrogen and oxygen atoms in total. The third-order valence-corrected chi connectivity index (χ3v) is 8.55. The molecule has 0 spiro atoms. The first-order chi connectivity index (χ1) is 23.0. The summed E-state index contributed by atoms with van der Waals surface area (Å²) < 4.78 is 0. The molecule has 0 saturated carbocycles. The second-order valence-corrected chi connectivity index (χ2v) is 13.0. The van der Waals surface area contributed by atoms with Crippen LogP contribution in [-0.4, -0.2) is 132 Å². The van der Waals surface area contributed by atoms with Crippen LogP contribution in [0.3, 0.4) is 0 Å². The Bertz CT molecular complexity index is 1230. The maximum absolute atomic E-state index is 13.9. The van der Waals surface area contributed by atoms with E-state index in [4.69, 9.17) is 0 Å². The van der Waals surface area contributed by atoms with Crippen molar-refractivity contribution in [3.05, 3.63) is 36.6 Å². The van der Waals surface area contributed by atoms with Crippen molar-refractivity contribution < 1.29 is 38.7 Å². The minimum atomic E-state index is -1.16. The van der Waals surface area contributed by atoms with Crippen LogP contribution in [0.25, 0.3) is 0 Å². The molecule has 0 aromatic rings. The molecule has 1 rings (SSSR count). The quantitative estimate of drug-likeness (QED) is 0.0707. The largest absolute Gasteiger partial charge is 0.509 e. The van der Waals surface area contributed by atoms with Crippen molar-refractivity contribution in [2.75, 3.05) is 40.8 Å². The predicted octanol–water partition coefficient (Wildman–Crippen LogP) is 1.72. The Balaban J connectivity index is 3.23. The summed E-state index contributed by atoms with van der Waals surface area (Å²) in [5.74, 6) is -2.72. The van der Waals surface area contributed by atoms with E-state index in [1.165, 1.54) is 47.9 Å². The van der Waals surface area contributed by atoms with Crippen LogP contribution in [0.15, 0.2) is 36.6 Å². The van der Waals surface area contributed by atoms with Gasteiger partial charge in [0, 0.05) is 53.6 Å². The molecule has 0 aliphatic carbocycles. The van der Waals surface area contributed by atoms with Crippen LogP contribution in [-0.2, 0) is 33.6 Å². The number of nitrogens with one attached hydrogen (secondary N) is 2. The van der Waals surface area contributed by atoms with Gasteiger partial charge in [-0.2, -0.15) is 0 Å². The monoisotopic (exact) mass is 688 g/mol. The van der Waals surface area contributed by atoms with Gasteiger partial charge in [-0.05, 0) is 51.0 Å². The molecule has 1 fully saturated rings. The van der Waals surface area contributed by atoms with Gasteiger partial charge in [-0.1, -0.05) is 38.7 Å². The number of aliphatic hydroxyl groups excluding tert-OH is 1. The van der Waals surface area contributed by atoms with E-state index in [-0.39, 0.29) is 42.8 Å². The molecule has 49 heavy (non-hydrogen) atoms. The number of aliphatic hydroxyl groups is 1. The van der Waals surface area contributed by atoms with E-state index in [1.807, 2.05) is 13.8 Å². The third-order valence-electron chi connectivity index (χ3n) is 8.55. The average Bonchev–Trinajstić information content (AvgIpc) is 3.07. The second kappa shape index (κ2) is 21.5. The lowest BCUT2D eigenvalue weighted by Gasteiger charge is -2.36. The normalized spacial score (nSPS) is 15.4. The number of allylic oxidation sites excluding steroid dienone is 2. The number of aldehydes is 1. The Kier molecular flexibility index (Phi) is 18.6. The molecule has 0 radical (unpaired) electrons. The van der Waals surface area contributed by atoms with Crippen molar-refractivity contribution in [2.24, 2.45) is 5.92 Å². The molecule has 4 atom stereocenters. The fraction of sp³-hybridized carbons (Fsp3) is 0.629. The summed E-state index contributed by atoms with van der Waals surface area (Å²) in [6.45, 7) is 13.8. The summed E-state index contributed by atoms with van der Waals surface area (Å²) in [6.07, 6.45) is 7.22. The highest BCUT2D eigenvalue weighted by molar-refractivity contribution is 5.96. The van der Waals surface area contributed by atoms with Gasteiger partial charge < -0.3 is 40.1 Å². The maximum Gasteiger partial charge on any atom is 0.245 e. The van der Waals surface area contributed by atoms with Crippen LogP contribution in [0.4, 0.5) is 0 Å². The van der Waals surface area contributed by atoms with Crippen molar-refractivity contribution in [2.45, 2.75) is 96.3 Å². The molecular weight excluding hydrogens is 632 g/mol. The number of hydrogen-bond donors (Lipinski definition) is 3. The first kappa shape index (κ1) is 42.5. The molecule has 1 aliphatic rings. The van der Waals surface area contributed by atoms with Crippen molar-refractivity contribution in [1.82, 2.24) is 30.2 Å². The Hall–Kier alpha value is -4.49. The second-order valence-electron chi connectivity index (χ2n) is 13.0. The van der Waals surface area contributed by atoms with Gasteiger partial charge in [0.05, 0.1) is 6.42 Å². The van der Waals surface area contributed by atoms with E-state index < -0.39 is 41.9 Å². The molecule has 0 aromatic carbocycles. The van der Waals surface area contributed by atoms with E-state index in [2.05, 4.69) is 23.8 Å². The van der Waals surface area contributed by atoms with Gasteiger partial charge in [0.25, 0.3) is 0 Å². The number of amides is 6. The Morgan fingerprint density at radius 1 is 0.878 bits per heavy atom. The van der Waals surface area contributed by atoms with Crippen LogP contribution in [0.1, 0.15) is 72.1 Å². The summed E-state index contributed by atoms with van der Waals surface area (Å²) in [6, 6.07) is -4.30. The van der Waals surface area contributed by atoms with Gasteiger partial charge in [-0.3, -0.25) is 28.8 Å². The number of hydrogen-bond acceptors (Lipinski definition) is 8. The van der Waals surface area contributed by atoms with Crippen LogP contribution in [0.2, 0.25) is 0 Å². The van der Waals surface area contributed by atoms with E-state index in [0.29, 0.717) is 44.5 Å². The van der Waals surface area contributed by atoms with Gasteiger partial charge in [0.1, 0.15) is 36.2 Å². The zero-order chi connectivity index (χ0) is 37.3. The molecular formula is C35H56N6O8. The lowest BCUT2D eigenvalue weighted by molar-refractivity contribution is -0.149. The molecule has 1 saturated heterocycles.